The van der Waals surface area contributed by atoms with Gasteiger partial charge in [0.15, 0.2) is 0 Å². The van der Waals surface area contributed by atoms with Crippen LogP contribution in [0, 0.1) is 17.7 Å². The predicted octanol–water partition coefficient (Wildman–Crippen LogP) is 5.28. The average molecular weight is 407 g/mol. The van der Waals surface area contributed by atoms with Gasteiger partial charge in [0.25, 0.3) is 0 Å². The van der Waals surface area contributed by atoms with Gasteiger partial charge in [0, 0.05) is 22.0 Å². The SMILES string of the molecule is CC#Cc1ccc2ncnc(Nc3ccc4c(cnn4Cc4cccc(F)c4)c3)c2c1. The van der Waals surface area contributed by atoms with E-state index in [1.807, 2.05) is 60.3 Å². The Morgan fingerprint density at radius 2 is 1.97 bits per heavy atom. The zero-order valence-corrected chi connectivity index (χ0v) is 16.8. The second kappa shape index (κ2) is 7.88. The fourth-order valence-corrected chi connectivity index (χ4v) is 3.61. The summed E-state index contributed by atoms with van der Waals surface area (Å²) >= 11 is 0. The van der Waals surface area contributed by atoms with Crippen molar-refractivity contribution in [3.05, 3.63) is 90.1 Å². The first-order valence-corrected chi connectivity index (χ1v) is 9.84. The van der Waals surface area contributed by atoms with Crippen molar-refractivity contribution in [3.63, 3.8) is 0 Å². The van der Waals surface area contributed by atoms with Gasteiger partial charge >= 0.3 is 0 Å². The molecule has 0 fully saturated rings. The molecule has 0 aliphatic rings. The van der Waals surface area contributed by atoms with Crippen molar-refractivity contribution >= 4 is 33.3 Å². The first-order valence-electron chi connectivity index (χ1n) is 9.84. The van der Waals surface area contributed by atoms with Crippen LogP contribution in [0.25, 0.3) is 21.8 Å². The Hall–Kier alpha value is -4.24. The third kappa shape index (κ3) is 3.81. The summed E-state index contributed by atoms with van der Waals surface area (Å²) in [5.41, 5.74) is 4.50. The highest BCUT2D eigenvalue weighted by Gasteiger charge is 2.08. The number of hydrogen-bond donors (Lipinski definition) is 1. The Kier molecular flexibility index (Phi) is 4.77. The van der Waals surface area contributed by atoms with Crippen molar-refractivity contribution in [2.75, 3.05) is 5.32 Å². The Morgan fingerprint density at radius 1 is 1.03 bits per heavy atom. The van der Waals surface area contributed by atoms with Gasteiger partial charge in [-0.1, -0.05) is 18.1 Å². The monoisotopic (exact) mass is 407 g/mol. The molecular weight excluding hydrogens is 389 g/mol. The van der Waals surface area contributed by atoms with Crippen LogP contribution in [0.2, 0.25) is 0 Å². The van der Waals surface area contributed by atoms with Gasteiger partial charge in [0.05, 0.1) is 23.8 Å². The predicted molar refractivity (Wildman–Crippen MR) is 121 cm³/mol. The standard InChI is InChI=1S/C25H18FN5/c1-2-4-17-7-9-23-22(12-17)25(28-16-27-23)30-21-8-10-24-19(13-21)14-29-31(24)15-18-5-3-6-20(26)11-18/h3,5-14,16H,15H2,1H3,(H,27,28,30). The molecule has 6 heteroatoms. The second-order valence-corrected chi connectivity index (χ2v) is 7.16. The Bertz CT molecular complexity index is 1480. The Balaban J connectivity index is 1.46. The van der Waals surface area contributed by atoms with Crippen LogP contribution < -0.4 is 5.32 Å². The van der Waals surface area contributed by atoms with Gasteiger partial charge in [-0.3, -0.25) is 4.68 Å². The van der Waals surface area contributed by atoms with E-state index in [0.29, 0.717) is 6.54 Å². The molecule has 0 radical (unpaired) electrons. The third-order valence-corrected chi connectivity index (χ3v) is 5.03. The summed E-state index contributed by atoms with van der Waals surface area (Å²) in [7, 11) is 0. The molecule has 0 bridgehead atoms. The fraction of sp³-hybridized carbons (Fsp3) is 0.0800. The number of halogens is 1. The summed E-state index contributed by atoms with van der Waals surface area (Å²) in [6.45, 7) is 2.32. The van der Waals surface area contributed by atoms with E-state index in [0.717, 1.165) is 44.4 Å². The van der Waals surface area contributed by atoms with Crippen molar-refractivity contribution in [2.45, 2.75) is 13.5 Å². The van der Waals surface area contributed by atoms with Gasteiger partial charge in [-0.25, -0.2) is 14.4 Å². The van der Waals surface area contributed by atoms with Gasteiger partial charge in [0.1, 0.15) is 18.0 Å². The molecule has 0 saturated heterocycles. The van der Waals surface area contributed by atoms with Gasteiger partial charge < -0.3 is 5.32 Å². The van der Waals surface area contributed by atoms with E-state index >= 15 is 0 Å². The average Bonchev–Trinajstić information content (AvgIpc) is 3.16. The minimum absolute atomic E-state index is 0.245. The summed E-state index contributed by atoms with van der Waals surface area (Å²) in [6, 6.07) is 18.5. The van der Waals surface area contributed by atoms with Gasteiger partial charge in [0.2, 0.25) is 0 Å². The van der Waals surface area contributed by atoms with E-state index in [4.69, 9.17) is 0 Å². The van der Waals surface area contributed by atoms with Crippen molar-refractivity contribution in [3.8, 4) is 11.8 Å². The number of nitrogens with zero attached hydrogens (tertiary/aromatic N) is 4. The highest BCUT2D eigenvalue weighted by Crippen LogP contribution is 2.26. The summed E-state index contributed by atoms with van der Waals surface area (Å²) in [5.74, 6) is 6.47. The van der Waals surface area contributed by atoms with E-state index in [-0.39, 0.29) is 5.82 Å². The molecule has 1 N–H and O–H groups in total. The van der Waals surface area contributed by atoms with E-state index in [9.17, 15) is 4.39 Å². The molecule has 2 heterocycles. The van der Waals surface area contributed by atoms with Crippen molar-refractivity contribution in [2.24, 2.45) is 0 Å². The van der Waals surface area contributed by atoms with Crippen molar-refractivity contribution in [1.29, 1.82) is 0 Å². The minimum atomic E-state index is -0.245. The number of benzene rings is 3. The summed E-state index contributed by atoms with van der Waals surface area (Å²) in [5, 5.41) is 9.76. The zero-order chi connectivity index (χ0) is 21.2. The number of anilines is 2. The lowest BCUT2D eigenvalue weighted by molar-refractivity contribution is 0.621. The van der Waals surface area contributed by atoms with E-state index in [1.165, 1.54) is 12.1 Å². The number of fused-ring (bicyclic) bond motifs is 2. The molecule has 0 aliphatic heterocycles. The lowest BCUT2D eigenvalue weighted by atomic mass is 10.1. The zero-order valence-electron chi connectivity index (χ0n) is 16.8. The van der Waals surface area contributed by atoms with Gasteiger partial charge in [-0.15, -0.1) is 5.92 Å². The van der Waals surface area contributed by atoms with E-state index in [2.05, 4.69) is 32.2 Å². The second-order valence-electron chi connectivity index (χ2n) is 7.16. The molecule has 0 amide bonds. The molecule has 3 aromatic carbocycles. The molecule has 0 aliphatic carbocycles. The van der Waals surface area contributed by atoms with Crippen LogP contribution in [0.15, 0.2) is 73.2 Å². The molecule has 5 rings (SSSR count). The number of aromatic nitrogens is 4. The highest BCUT2D eigenvalue weighted by atomic mass is 19.1. The molecule has 0 atom stereocenters. The quantitative estimate of drug-likeness (QED) is 0.412. The highest BCUT2D eigenvalue weighted by molar-refractivity contribution is 5.92. The fourth-order valence-electron chi connectivity index (χ4n) is 3.61. The van der Waals surface area contributed by atoms with Crippen molar-refractivity contribution < 1.29 is 4.39 Å². The molecule has 0 unspecified atom stereocenters. The maximum absolute atomic E-state index is 13.5. The van der Waals surface area contributed by atoms with Gasteiger partial charge in [-0.05, 0) is 61.0 Å². The third-order valence-electron chi connectivity index (χ3n) is 5.03. The number of nitrogens with one attached hydrogen (secondary N) is 1. The van der Waals surface area contributed by atoms with Crippen LogP contribution in [0.1, 0.15) is 18.1 Å². The number of hydrogen-bond acceptors (Lipinski definition) is 4. The topological polar surface area (TPSA) is 55.6 Å². The molecule has 0 spiro atoms. The Labute approximate surface area is 178 Å². The molecule has 150 valence electrons. The molecule has 31 heavy (non-hydrogen) atoms. The maximum atomic E-state index is 13.5. The largest absolute Gasteiger partial charge is 0.340 e. The number of rotatable bonds is 4. The van der Waals surface area contributed by atoms with Crippen molar-refractivity contribution in [1.82, 2.24) is 19.7 Å². The maximum Gasteiger partial charge on any atom is 0.141 e. The minimum Gasteiger partial charge on any atom is -0.340 e. The van der Waals surface area contributed by atoms with Crippen LogP contribution in [0.4, 0.5) is 15.9 Å². The molecule has 2 aromatic heterocycles. The summed E-state index contributed by atoms with van der Waals surface area (Å²) < 4.78 is 15.4. The Morgan fingerprint density at radius 3 is 2.84 bits per heavy atom. The van der Waals surface area contributed by atoms with Crippen LogP contribution >= 0.6 is 0 Å². The normalized spacial score (nSPS) is 10.8. The van der Waals surface area contributed by atoms with Gasteiger partial charge in [-0.2, -0.15) is 5.10 Å². The van der Waals surface area contributed by atoms with Crippen LogP contribution in [0.3, 0.4) is 0 Å². The molecule has 0 saturated carbocycles. The van der Waals surface area contributed by atoms with E-state index in [1.54, 1.807) is 12.4 Å². The first-order chi connectivity index (χ1) is 15.2. The van der Waals surface area contributed by atoms with Crippen LogP contribution in [-0.2, 0) is 6.54 Å². The first kappa shape index (κ1) is 18.8. The smallest absolute Gasteiger partial charge is 0.141 e. The van der Waals surface area contributed by atoms with Crippen LogP contribution in [0.5, 0.6) is 0 Å². The summed E-state index contributed by atoms with van der Waals surface area (Å²) in [4.78, 5) is 8.77. The van der Waals surface area contributed by atoms with Crippen LogP contribution in [-0.4, -0.2) is 19.7 Å². The molecule has 5 nitrogen and oxygen atoms in total. The molecule has 5 aromatic rings. The lowest BCUT2D eigenvalue weighted by Crippen LogP contribution is -2.01. The lowest BCUT2D eigenvalue weighted by Gasteiger charge is -2.09. The molecular formula is C25H18FN5. The van der Waals surface area contributed by atoms with E-state index < -0.39 is 0 Å². The summed E-state index contributed by atoms with van der Waals surface area (Å²) in [6.07, 6.45) is 3.36.